The van der Waals surface area contributed by atoms with Crippen LogP contribution in [0.4, 0.5) is 5.69 Å². The number of carbonyl (C=O) groups excluding carboxylic acids is 2. The van der Waals surface area contributed by atoms with Gasteiger partial charge in [0.2, 0.25) is 11.8 Å². The lowest BCUT2D eigenvalue weighted by molar-refractivity contribution is -0.135. The molecule has 2 amide bonds. The van der Waals surface area contributed by atoms with E-state index in [9.17, 15) is 18.0 Å². The maximum absolute atomic E-state index is 12.7. The molecule has 0 aromatic heterocycles. The molecule has 0 radical (unpaired) electrons. The normalized spacial score (nSPS) is 27.5. The molecule has 2 aliphatic rings. The van der Waals surface area contributed by atoms with E-state index in [1.165, 1.54) is 0 Å². The Balaban J connectivity index is 1.59. The largest absolute Gasteiger partial charge is 0.339 e. The highest BCUT2D eigenvalue weighted by molar-refractivity contribution is 7.91. The Hall–Kier alpha value is -1.89. The van der Waals surface area contributed by atoms with Gasteiger partial charge in [0, 0.05) is 18.3 Å². The van der Waals surface area contributed by atoms with Gasteiger partial charge in [0.25, 0.3) is 0 Å². The number of amides is 2. The molecule has 0 bridgehead atoms. The zero-order valence-electron chi connectivity index (χ0n) is 13.6. The van der Waals surface area contributed by atoms with Crippen LogP contribution < -0.4 is 5.32 Å². The minimum Gasteiger partial charge on any atom is -0.339 e. The van der Waals surface area contributed by atoms with E-state index in [4.69, 9.17) is 0 Å². The van der Waals surface area contributed by atoms with Gasteiger partial charge in [-0.3, -0.25) is 9.59 Å². The monoisotopic (exact) mass is 350 g/mol. The van der Waals surface area contributed by atoms with Crippen molar-refractivity contribution in [2.24, 2.45) is 11.8 Å². The maximum Gasteiger partial charge on any atom is 0.228 e. The van der Waals surface area contributed by atoms with Crippen LogP contribution in [0.2, 0.25) is 0 Å². The second kappa shape index (κ2) is 6.55. The molecule has 1 aromatic carbocycles. The van der Waals surface area contributed by atoms with Crippen LogP contribution in [0.1, 0.15) is 19.8 Å². The lowest BCUT2D eigenvalue weighted by atomic mass is 10.2. The van der Waals surface area contributed by atoms with Gasteiger partial charge in [-0.2, -0.15) is 0 Å². The fourth-order valence-electron chi connectivity index (χ4n) is 3.34. The second-order valence-corrected chi connectivity index (χ2v) is 8.71. The van der Waals surface area contributed by atoms with Crippen LogP contribution in [-0.4, -0.2) is 49.2 Å². The first-order valence-electron chi connectivity index (χ1n) is 8.28. The average molecular weight is 350 g/mol. The van der Waals surface area contributed by atoms with Crippen molar-refractivity contribution in [2.45, 2.75) is 25.8 Å². The van der Waals surface area contributed by atoms with E-state index >= 15 is 0 Å². The molecule has 1 aromatic rings. The van der Waals surface area contributed by atoms with Crippen LogP contribution in [0.5, 0.6) is 0 Å². The quantitative estimate of drug-likeness (QED) is 0.867. The van der Waals surface area contributed by atoms with Crippen molar-refractivity contribution in [3.63, 3.8) is 0 Å². The van der Waals surface area contributed by atoms with E-state index in [0.29, 0.717) is 19.4 Å². The molecule has 1 heterocycles. The number of rotatable bonds is 5. The highest BCUT2D eigenvalue weighted by Crippen LogP contribution is 2.41. The Kier molecular flexibility index (Phi) is 4.62. The Morgan fingerprint density at radius 1 is 1.21 bits per heavy atom. The summed E-state index contributed by atoms with van der Waals surface area (Å²) < 4.78 is 23.3. The fraction of sp³-hybridized carbons (Fsp3) is 0.529. The molecular formula is C17H22N2O4S. The van der Waals surface area contributed by atoms with Gasteiger partial charge in [0.05, 0.1) is 23.3 Å². The standard InChI is InChI=1S/C17H22N2O4S/c1-2-19(13-8-9-24(22,23)11-13)17(21)15-10-14(15)16(20)18-12-6-4-3-5-7-12/h3-7,13-15H,2,8-11H2,1H3,(H,18,20). The summed E-state index contributed by atoms with van der Waals surface area (Å²) in [5, 5.41) is 2.82. The van der Waals surface area contributed by atoms with Crippen LogP contribution in [0.15, 0.2) is 30.3 Å². The lowest BCUT2D eigenvalue weighted by Gasteiger charge is -2.27. The number of nitrogens with one attached hydrogen (secondary N) is 1. The summed E-state index contributed by atoms with van der Waals surface area (Å²) in [6.07, 6.45) is 1.03. The zero-order valence-corrected chi connectivity index (χ0v) is 14.5. The van der Waals surface area contributed by atoms with Gasteiger partial charge in [0.15, 0.2) is 9.84 Å². The molecule has 6 nitrogen and oxygen atoms in total. The molecule has 3 atom stereocenters. The predicted molar refractivity (Wildman–Crippen MR) is 91.1 cm³/mol. The van der Waals surface area contributed by atoms with Gasteiger partial charge in [-0.25, -0.2) is 8.42 Å². The minimum atomic E-state index is -3.03. The van der Waals surface area contributed by atoms with Gasteiger partial charge in [-0.15, -0.1) is 0 Å². The summed E-state index contributed by atoms with van der Waals surface area (Å²) in [4.78, 5) is 26.5. The number of sulfone groups is 1. The summed E-state index contributed by atoms with van der Waals surface area (Å²) in [6, 6.07) is 8.91. The van der Waals surface area contributed by atoms with E-state index in [1.54, 1.807) is 17.0 Å². The molecule has 130 valence electrons. The van der Waals surface area contributed by atoms with E-state index in [-0.39, 0.29) is 41.2 Å². The van der Waals surface area contributed by atoms with Crippen molar-refractivity contribution >= 4 is 27.3 Å². The third kappa shape index (κ3) is 3.61. The first kappa shape index (κ1) is 17.0. The van der Waals surface area contributed by atoms with Gasteiger partial charge in [-0.05, 0) is 31.9 Å². The van der Waals surface area contributed by atoms with E-state index in [0.717, 1.165) is 5.69 Å². The molecule has 1 aliphatic heterocycles. The average Bonchev–Trinajstić information content (AvgIpc) is 3.27. The summed E-state index contributed by atoms with van der Waals surface area (Å²) in [7, 11) is -3.03. The third-order valence-electron chi connectivity index (χ3n) is 4.76. The van der Waals surface area contributed by atoms with Gasteiger partial charge >= 0.3 is 0 Å². The molecule has 1 N–H and O–H groups in total. The molecule has 3 rings (SSSR count). The van der Waals surface area contributed by atoms with Crippen molar-refractivity contribution in [1.82, 2.24) is 4.90 Å². The zero-order chi connectivity index (χ0) is 17.3. The predicted octanol–water partition coefficient (Wildman–Crippen LogP) is 1.30. The van der Waals surface area contributed by atoms with E-state index < -0.39 is 9.84 Å². The molecule has 1 saturated carbocycles. The van der Waals surface area contributed by atoms with Crippen molar-refractivity contribution in [1.29, 1.82) is 0 Å². The Bertz CT molecular complexity index is 732. The molecule has 2 fully saturated rings. The third-order valence-corrected chi connectivity index (χ3v) is 6.51. The molecule has 1 aliphatic carbocycles. The number of nitrogens with zero attached hydrogens (tertiary/aromatic N) is 1. The first-order valence-corrected chi connectivity index (χ1v) is 10.1. The number of para-hydroxylation sites is 1. The smallest absolute Gasteiger partial charge is 0.228 e. The highest BCUT2D eigenvalue weighted by atomic mass is 32.2. The number of hydrogen-bond donors (Lipinski definition) is 1. The van der Waals surface area contributed by atoms with Crippen molar-refractivity contribution < 1.29 is 18.0 Å². The lowest BCUT2D eigenvalue weighted by Crippen LogP contribution is -2.42. The van der Waals surface area contributed by atoms with Crippen LogP contribution in [0.25, 0.3) is 0 Å². The molecule has 1 saturated heterocycles. The van der Waals surface area contributed by atoms with Gasteiger partial charge in [0.1, 0.15) is 0 Å². The minimum absolute atomic E-state index is 0.0418. The Morgan fingerprint density at radius 2 is 1.92 bits per heavy atom. The van der Waals surface area contributed by atoms with Crippen molar-refractivity contribution in [3.05, 3.63) is 30.3 Å². The molecule has 0 spiro atoms. The molecule has 7 heteroatoms. The van der Waals surface area contributed by atoms with Crippen LogP contribution in [-0.2, 0) is 19.4 Å². The molecule has 24 heavy (non-hydrogen) atoms. The highest BCUT2D eigenvalue weighted by Gasteiger charge is 2.50. The van der Waals surface area contributed by atoms with Gasteiger partial charge in [-0.1, -0.05) is 18.2 Å². The Morgan fingerprint density at radius 3 is 2.50 bits per heavy atom. The Labute approximate surface area is 142 Å². The SMILES string of the molecule is CCN(C(=O)C1CC1C(=O)Nc1ccccc1)C1CCS(=O)(=O)C1. The van der Waals surface area contributed by atoms with Crippen LogP contribution in [0, 0.1) is 11.8 Å². The van der Waals surface area contributed by atoms with Crippen molar-refractivity contribution in [2.75, 3.05) is 23.4 Å². The molecule has 3 unspecified atom stereocenters. The summed E-state index contributed by atoms with van der Waals surface area (Å²) in [6.45, 7) is 2.33. The number of anilines is 1. The first-order chi connectivity index (χ1) is 11.4. The van der Waals surface area contributed by atoms with Crippen LogP contribution in [0.3, 0.4) is 0 Å². The number of hydrogen-bond acceptors (Lipinski definition) is 4. The number of carbonyl (C=O) groups is 2. The number of benzene rings is 1. The second-order valence-electron chi connectivity index (χ2n) is 6.49. The van der Waals surface area contributed by atoms with E-state index in [1.807, 2.05) is 25.1 Å². The topological polar surface area (TPSA) is 83.6 Å². The maximum atomic E-state index is 12.7. The van der Waals surface area contributed by atoms with Gasteiger partial charge < -0.3 is 10.2 Å². The van der Waals surface area contributed by atoms with E-state index in [2.05, 4.69) is 5.32 Å². The molecular weight excluding hydrogens is 328 g/mol. The van der Waals surface area contributed by atoms with Crippen molar-refractivity contribution in [3.8, 4) is 0 Å². The summed E-state index contributed by atoms with van der Waals surface area (Å²) in [5.41, 5.74) is 0.717. The summed E-state index contributed by atoms with van der Waals surface area (Å²) in [5.74, 6) is -0.686. The fourth-order valence-corrected chi connectivity index (χ4v) is 5.07. The summed E-state index contributed by atoms with van der Waals surface area (Å²) >= 11 is 0. The van der Waals surface area contributed by atoms with Crippen LogP contribution >= 0.6 is 0 Å².